The van der Waals surface area contributed by atoms with Crippen LogP contribution in [0.25, 0.3) is 0 Å². The van der Waals surface area contributed by atoms with E-state index in [2.05, 4.69) is 4.99 Å². The number of ether oxygens (including phenoxy) is 1. The topological polar surface area (TPSA) is 81.8 Å². The Hall–Kier alpha value is -1.04. The summed E-state index contributed by atoms with van der Waals surface area (Å²) in [6.07, 6.45) is 0. The fourth-order valence-corrected chi connectivity index (χ4v) is 1.70. The summed E-state index contributed by atoms with van der Waals surface area (Å²) in [5.74, 6) is -1.14. The summed E-state index contributed by atoms with van der Waals surface area (Å²) in [4.78, 5) is 26.0. The predicted molar refractivity (Wildman–Crippen MR) is 49.3 cm³/mol. The van der Waals surface area contributed by atoms with E-state index in [1.807, 2.05) is 0 Å². The van der Waals surface area contributed by atoms with Gasteiger partial charge in [0.05, 0.1) is 6.61 Å². The largest absolute Gasteiger partial charge is 0.465 e. The summed E-state index contributed by atoms with van der Waals surface area (Å²) in [7, 11) is 0. The molecule has 1 aliphatic heterocycles. The number of hydrogen-bond donors (Lipinski definition) is 1. The van der Waals surface area contributed by atoms with Crippen LogP contribution in [0.3, 0.4) is 0 Å². The Bertz CT molecular complexity index is 289. The lowest BCUT2D eigenvalue weighted by molar-refractivity contribution is -0.148. The van der Waals surface area contributed by atoms with E-state index in [1.165, 1.54) is 6.92 Å². The number of carbonyl (C=O) groups excluding carboxylic acids is 2. The lowest BCUT2D eigenvalue weighted by Gasteiger charge is -2.16. The number of amidine groups is 1. The third-order valence-electron chi connectivity index (χ3n) is 1.59. The van der Waals surface area contributed by atoms with E-state index >= 15 is 0 Å². The van der Waals surface area contributed by atoms with Crippen molar-refractivity contribution < 1.29 is 14.3 Å². The second-order valence-corrected chi connectivity index (χ2v) is 4.05. The lowest BCUT2D eigenvalue weighted by Crippen LogP contribution is -2.38. The number of carbonyl (C=O) groups is 2. The van der Waals surface area contributed by atoms with Gasteiger partial charge in [0.2, 0.25) is 0 Å². The summed E-state index contributed by atoms with van der Waals surface area (Å²) in [6.45, 7) is 3.37. The van der Waals surface area contributed by atoms with Crippen LogP contribution in [-0.4, -0.2) is 28.4 Å². The van der Waals surface area contributed by atoms with Crippen LogP contribution < -0.4 is 5.73 Å². The van der Waals surface area contributed by atoms with E-state index in [1.54, 1.807) is 6.92 Å². The van der Waals surface area contributed by atoms with Gasteiger partial charge in [-0.1, -0.05) is 11.8 Å². The highest BCUT2D eigenvalue weighted by molar-refractivity contribution is 8.16. The minimum Gasteiger partial charge on any atom is -0.465 e. The van der Waals surface area contributed by atoms with E-state index in [4.69, 9.17) is 10.5 Å². The zero-order chi connectivity index (χ0) is 10.1. The zero-order valence-electron chi connectivity index (χ0n) is 7.36. The maximum Gasteiger partial charge on any atom is 0.332 e. The second-order valence-electron chi connectivity index (χ2n) is 2.61. The minimum atomic E-state index is -1.28. The van der Waals surface area contributed by atoms with Crippen LogP contribution in [0.4, 0.5) is 0 Å². The van der Waals surface area contributed by atoms with Gasteiger partial charge < -0.3 is 10.5 Å². The van der Waals surface area contributed by atoms with Crippen LogP contribution in [0.2, 0.25) is 0 Å². The van der Waals surface area contributed by atoms with Gasteiger partial charge in [-0.05, 0) is 13.8 Å². The number of esters is 1. The predicted octanol–water partition coefficient (Wildman–Crippen LogP) is -0.104. The van der Waals surface area contributed by atoms with Crippen LogP contribution in [0.5, 0.6) is 0 Å². The molecule has 0 unspecified atom stereocenters. The van der Waals surface area contributed by atoms with Crippen molar-refractivity contribution in [3.8, 4) is 0 Å². The molecule has 0 fully saturated rings. The van der Waals surface area contributed by atoms with Crippen LogP contribution >= 0.6 is 11.8 Å². The Morgan fingerprint density at radius 3 is 2.77 bits per heavy atom. The molecule has 1 atom stereocenters. The molecular formula is C7H10N2O3S. The van der Waals surface area contributed by atoms with Gasteiger partial charge in [-0.3, -0.25) is 4.79 Å². The first-order chi connectivity index (χ1) is 6.00. The Morgan fingerprint density at radius 1 is 1.77 bits per heavy atom. The third-order valence-corrected chi connectivity index (χ3v) is 2.64. The third kappa shape index (κ3) is 1.67. The van der Waals surface area contributed by atoms with Crippen LogP contribution in [-0.2, 0) is 14.3 Å². The monoisotopic (exact) mass is 202 g/mol. The van der Waals surface area contributed by atoms with Crippen LogP contribution in [0, 0.1) is 0 Å². The highest BCUT2D eigenvalue weighted by atomic mass is 32.2. The first-order valence-electron chi connectivity index (χ1n) is 3.75. The van der Waals surface area contributed by atoms with Crippen molar-refractivity contribution in [3.63, 3.8) is 0 Å². The summed E-state index contributed by atoms with van der Waals surface area (Å²) < 4.78 is 3.46. The smallest absolute Gasteiger partial charge is 0.332 e. The number of hydrogen-bond acceptors (Lipinski definition) is 5. The molecule has 5 nitrogen and oxygen atoms in total. The maximum absolute atomic E-state index is 11.3. The highest BCUT2D eigenvalue weighted by Gasteiger charge is 2.48. The lowest BCUT2D eigenvalue weighted by atomic mass is 10.1. The first kappa shape index (κ1) is 10.0. The molecule has 1 amide bonds. The van der Waals surface area contributed by atoms with Crippen LogP contribution in [0.15, 0.2) is 4.99 Å². The summed E-state index contributed by atoms with van der Waals surface area (Å²) >= 11 is 0.928. The molecule has 72 valence electrons. The molecule has 1 heterocycles. The standard InChI is InChI=1S/C7H10N2O3S/c1-3-12-5(11)7(2)4(10)9-6(8)13-7/h3H2,1-2H3,(H2,8,9,10)/t7-/m1/s1. The number of nitrogens with two attached hydrogens (primary N) is 1. The van der Waals surface area contributed by atoms with E-state index in [0.717, 1.165) is 11.8 Å². The summed E-state index contributed by atoms with van der Waals surface area (Å²) in [5, 5.41) is 0.112. The molecule has 0 aromatic carbocycles. The van der Waals surface area contributed by atoms with Gasteiger partial charge >= 0.3 is 5.97 Å². The number of aliphatic imine (C=N–C) groups is 1. The molecule has 0 bridgehead atoms. The van der Waals surface area contributed by atoms with E-state index in [0.29, 0.717) is 0 Å². The normalized spacial score (nSPS) is 27.2. The summed E-state index contributed by atoms with van der Waals surface area (Å²) in [5.41, 5.74) is 5.32. The Morgan fingerprint density at radius 2 is 2.38 bits per heavy atom. The van der Waals surface area contributed by atoms with Crippen molar-refractivity contribution in [2.45, 2.75) is 18.6 Å². The first-order valence-corrected chi connectivity index (χ1v) is 4.57. The van der Waals surface area contributed by atoms with Crippen molar-refractivity contribution >= 4 is 28.8 Å². The zero-order valence-corrected chi connectivity index (χ0v) is 8.18. The molecular weight excluding hydrogens is 192 g/mol. The van der Waals surface area contributed by atoms with Gasteiger partial charge in [0.25, 0.3) is 5.91 Å². The quantitative estimate of drug-likeness (QED) is 0.499. The Labute approximate surface area is 79.7 Å². The molecule has 6 heteroatoms. The van der Waals surface area contributed by atoms with Gasteiger partial charge in [-0.15, -0.1) is 0 Å². The average Bonchev–Trinajstić information content (AvgIpc) is 2.28. The van der Waals surface area contributed by atoms with Gasteiger partial charge in [0, 0.05) is 0 Å². The van der Waals surface area contributed by atoms with Gasteiger partial charge in [-0.25, -0.2) is 4.79 Å². The van der Waals surface area contributed by atoms with Gasteiger partial charge in [0.1, 0.15) is 0 Å². The van der Waals surface area contributed by atoms with Crippen molar-refractivity contribution in [1.29, 1.82) is 0 Å². The number of amides is 1. The number of thioether (sulfide) groups is 1. The fourth-order valence-electron chi connectivity index (χ4n) is 0.880. The van der Waals surface area contributed by atoms with E-state index in [9.17, 15) is 9.59 Å². The van der Waals surface area contributed by atoms with E-state index in [-0.39, 0.29) is 11.8 Å². The molecule has 1 rings (SSSR count). The molecule has 0 spiro atoms. The Balaban J connectivity index is 2.80. The van der Waals surface area contributed by atoms with Gasteiger partial charge in [-0.2, -0.15) is 4.99 Å². The number of nitrogens with zero attached hydrogens (tertiary/aromatic N) is 1. The molecule has 0 aromatic heterocycles. The molecule has 1 aliphatic rings. The molecule has 0 saturated heterocycles. The van der Waals surface area contributed by atoms with E-state index < -0.39 is 16.6 Å². The van der Waals surface area contributed by atoms with Gasteiger partial charge in [0.15, 0.2) is 9.91 Å². The average molecular weight is 202 g/mol. The fraction of sp³-hybridized carbons (Fsp3) is 0.571. The molecule has 0 aromatic rings. The molecule has 2 N–H and O–H groups in total. The molecule has 0 radical (unpaired) electrons. The molecule has 13 heavy (non-hydrogen) atoms. The molecule has 0 saturated carbocycles. The second kappa shape index (κ2) is 3.37. The minimum absolute atomic E-state index is 0.112. The highest BCUT2D eigenvalue weighted by Crippen LogP contribution is 2.33. The SMILES string of the molecule is CCOC(=O)[C@]1(C)SC(N)=NC1=O. The van der Waals surface area contributed by atoms with Crippen molar-refractivity contribution in [1.82, 2.24) is 0 Å². The van der Waals surface area contributed by atoms with Crippen molar-refractivity contribution in [2.75, 3.05) is 6.61 Å². The summed E-state index contributed by atoms with van der Waals surface area (Å²) in [6, 6.07) is 0. The Kier molecular flexibility index (Phi) is 2.60. The molecule has 0 aliphatic carbocycles. The van der Waals surface area contributed by atoms with Crippen molar-refractivity contribution in [3.05, 3.63) is 0 Å². The van der Waals surface area contributed by atoms with Crippen LogP contribution in [0.1, 0.15) is 13.8 Å². The van der Waals surface area contributed by atoms with Crippen molar-refractivity contribution in [2.24, 2.45) is 10.7 Å². The number of rotatable bonds is 2. The maximum atomic E-state index is 11.3.